The molecule has 0 fully saturated rings. The van der Waals surface area contributed by atoms with Gasteiger partial charge in [-0.1, -0.05) is 35.9 Å². The molecular formula is C15H14ClNO. The maximum absolute atomic E-state index is 12.1. The SMILES string of the molecule is Cc1cccc(NC(=O)c2ccccc2Cl)c1C. The van der Waals surface area contributed by atoms with Crippen molar-refractivity contribution in [2.45, 2.75) is 13.8 Å². The van der Waals surface area contributed by atoms with Gasteiger partial charge in [-0.15, -0.1) is 0 Å². The number of carbonyl (C=O) groups is 1. The van der Waals surface area contributed by atoms with Gasteiger partial charge in [0.15, 0.2) is 0 Å². The molecule has 0 unspecified atom stereocenters. The van der Waals surface area contributed by atoms with Gasteiger partial charge in [-0.25, -0.2) is 0 Å². The van der Waals surface area contributed by atoms with Crippen LogP contribution in [0.1, 0.15) is 21.5 Å². The van der Waals surface area contributed by atoms with Gasteiger partial charge in [0.2, 0.25) is 0 Å². The first kappa shape index (κ1) is 12.7. The van der Waals surface area contributed by atoms with Crippen LogP contribution in [0.3, 0.4) is 0 Å². The Morgan fingerprint density at radius 3 is 2.50 bits per heavy atom. The van der Waals surface area contributed by atoms with Crippen molar-refractivity contribution in [1.82, 2.24) is 0 Å². The van der Waals surface area contributed by atoms with Crippen molar-refractivity contribution >= 4 is 23.2 Å². The molecule has 0 radical (unpaired) electrons. The first-order valence-electron chi connectivity index (χ1n) is 5.71. The van der Waals surface area contributed by atoms with Crippen molar-refractivity contribution in [3.05, 3.63) is 64.2 Å². The third-order valence-electron chi connectivity index (χ3n) is 2.97. The van der Waals surface area contributed by atoms with Crippen LogP contribution < -0.4 is 5.32 Å². The van der Waals surface area contributed by atoms with E-state index in [0.717, 1.165) is 16.8 Å². The molecule has 0 saturated heterocycles. The van der Waals surface area contributed by atoms with E-state index in [2.05, 4.69) is 5.32 Å². The van der Waals surface area contributed by atoms with Crippen LogP contribution in [0.4, 0.5) is 5.69 Å². The highest BCUT2D eigenvalue weighted by Crippen LogP contribution is 2.21. The predicted molar refractivity (Wildman–Crippen MR) is 75.3 cm³/mol. The molecule has 1 amide bonds. The lowest BCUT2D eigenvalue weighted by Gasteiger charge is -2.10. The molecule has 0 bridgehead atoms. The fraction of sp³-hybridized carbons (Fsp3) is 0.133. The molecule has 0 aromatic heterocycles. The number of amides is 1. The van der Waals surface area contributed by atoms with Gasteiger partial charge in [-0.05, 0) is 43.2 Å². The number of anilines is 1. The van der Waals surface area contributed by atoms with Gasteiger partial charge in [0.25, 0.3) is 5.91 Å². The first-order valence-corrected chi connectivity index (χ1v) is 6.09. The minimum atomic E-state index is -0.186. The summed E-state index contributed by atoms with van der Waals surface area (Å²) >= 11 is 6.00. The molecule has 0 atom stereocenters. The molecule has 18 heavy (non-hydrogen) atoms. The Morgan fingerprint density at radius 2 is 1.78 bits per heavy atom. The van der Waals surface area contributed by atoms with Crippen molar-refractivity contribution in [2.24, 2.45) is 0 Å². The molecule has 3 heteroatoms. The van der Waals surface area contributed by atoms with Crippen molar-refractivity contribution < 1.29 is 4.79 Å². The number of hydrogen-bond acceptors (Lipinski definition) is 1. The summed E-state index contributed by atoms with van der Waals surface area (Å²) in [6.07, 6.45) is 0. The highest BCUT2D eigenvalue weighted by atomic mass is 35.5. The zero-order valence-electron chi connectivity index (χ0n) is 10.3. The third-order valence-corrected chi connectivity index (χ3v) is 3.30. The number of halogens is 1. The molecule has 0 aliphatic heterocycles. The normalized spacial score (nSPS) is 10.2. The second-order valence-corrected chi connectivity index (χ2v) is 4.59. The van der Waals surface area contributed by atoms with Gasteiger partial charge >= 0.3 is 0 Å². The summed E-state index contributed by atoms with van der Waals surface area (Å²) in [5.74, 6) is -0.186. The molecule has 92 valence electrons. The van der Waals surface area contributed by atoms with E-state index < -0.39 is 0 Å². The van der Waals surface area contributed by atoms with E-state index in [1.54, 1.807) is 24.3 Å². The fourth-order valence-electron chi connectivity index (χ4n) is 1.72. The molecule has 2 rings (SSSR count). The van der Waals surface area contributed by atoms with E-state index in [9.17, 15) is 4.79 Å². The summed E-state index contributed by atoms with van der Waals surface area (Å²) in [5.41, 5.74) is 3.52. The second kappa shape index (κ2) is 5.23. The Kier molecular flexibility index (Phi) is 3.68. The van der Waals surface area contributed by atoms with Crippen molar-refractivity contribution in [2.75, 3.05) is 5.32 Å². The quantitative estimate of drug-likeness (QED) is 0.860. The first-order chi connectivity index (χ1) is 8.59. The Hall–Kier alpha value is -1.80. The van der Waals surface area contributed by atoms with Crippen LogP contribution in [-0.2, 0) is 0 Å². The summed E-state index contributed by atoms with van der Waals surface area (Å²) in [6, 6.07) is 12.8. The van der Waals surface area contributed by atoms with Crippen LogP contribution in [0.15, 0.2) is 42.5 Å². The van der Waals surface area contributed by atoms with Crippen molar-refractivity contribution in [3.63, 3.8) is 0 Å². The van der Waals surface area contributed by atoms with E-state index in [4.69, 9.17) is 11.6 Å². The summed E-state index contributed by atoms with van der Waals surface area (Å²) in [4.78, 5) is 12.1. The van der Waals surface area contributed by atoms with E-state index >= 15 is 0 Å². The van der Waals surface area contributed by atoms with Crippen LogP contribution in [0.25, 0.3) is 0 Å². The lowest BCUT2D eigenvalue weighted by atomic mass is 10.1. The third kappa shape index (κ3) is 2.54. The average Bonchev–Trinajstić information content (AvgIpc) is 2.35. The largest absolute Gasteiger partial charge is 0.322 e. The van der Waals surface area contributed by atoms with Crippen LogP contribution >= 0.6 is 11.6 Å². The lowest BCUT2D eigenvalue weighted by Crippen LogP contribution is -2.13. The summed E-state index contributed by atoms with van der Waals surface area (Å²) in [5, 5.41) is 3.34. The van der Waals surface area contributed by atoms with Crippen LogP contribution in [-0.4, -0.2) is 5.91 Å². The van der Waals surface area contributed by atoms with Crippen LogP contribution in [0.5, 0.6) is 0 Å². The number of rotatable bonds is 2. The fourth-order valence-corrected chi connectivity index (χ4v) is 1.94. The van der Waals surface area contributed by atoms with E-state index in [1.165, 1.54) is 0 Å². The monoisotopic (exact) mass is 259 g/mol. The minimum Gasteiger partial charge on any atom is -0.322 e. The summed E-state index contributed by atoms with van der Waals surface area (Å²) < 4.78 is 0. The molecule has 0 aliphatic rings. The van der Waals surface area contributed by atoms with Gasteiger partial charge in [0.1, 0.15) is 0 Å². The zero-order chi connectivity index (χ0) is 13.1. The molecule has 2 aromatic rings. The van der Waals surface area contributed by atoms with Gasteiger partial charge in [-0.2, -0.15) is 0 Å². The maximum atomic E-state index is 12.1. The molecule has 2 nitrogen and oxygen atoms in total. The molecule has 0 saturated carbocycles. The van der Waals surface area contributed by atoms with Gasteiger partial charge in [0, 0.05) is 5.69 Å². The number of benzene rings is 2. The number of carbonyl (C=O) groups excluding carboxylic acids is 1. The van der Waals surface area contributed by atoms with E-state index in [0.29, 0.717) is 10.6 Å². The van der Waals surface area contributed by atoms with Crippen molar-refractivity contribution in [1.29, 1.82) is 0 Å². The minimum absolute atomic E-state index is 0.186. The van der Waals surface area contributed by atoms with Gasteiger partial charge < -0.3 is 5.32 Å². The molecule has 2 aromatic carbocycles. The predicted octanol–water partition coefficient (Wildman–Crippen LogP) is 4.21. The zero-order valence-corrected chi connectivity index (χ0v) is 11.1. The number of aryl methyl sites for hydroxylation is 1. The molecule has 0 heterocycles. The standard InChI is InChI=1S/C15H14ClNO/c1-10-6-5-9-14(11(10)2)17-15(18)12-7-3-4-8-13(12)16/h3-9H,1-2H3,(H,17,18). The van der Waals surface area contributed by atoms with Gasteiger partial charge in [-0.3, -0.25) is 4.79 Å². The maximum Gasteiger partial charge on any atom is 0.257 e. The highest BCUT2D eigenvalue weighted by molar-refractivity contribution is 6.34. The van der Waals surface area contributed by atoms with Crippen molar-refractivity contribution in [3.8, 4) is 0 Å². The lowest BCUT2D eigenvalue weighted by molar-refractivity contribution is 0.102. The smallest absolute Gasteiger partial charge is 0.257 e. The van der Waals surface area contributed by atoms with Gasteiger partial charge in [0.05, 0.1) is 10.6 Å². The molecule has 0 aliphatic carbocycles. The topological polar surface area (TPSA) is 29.1 Å². The van der Waals surface area contributed by atoms with Crippen LogP contribution in [0.2, 0.25) is 5.02 Å². The summed E-state index contributed by atoms with van der Waals surface area (Å²) in [7, 11) is 0. The average molecular weight is 260 g/mol. The molecular weight excluding hydrogens is 246 g/mol. The van der Waals surface area contributed by atoms with E-state index in [1.807, 2.05) is 32.0 Å². The number of hydrogen-bond donors (Lipinski definition) is 1. The highest BCUT2D eigenvalue weighted by Gasteiger charge is 2.11. The second-order valence-electron chi connectivity index (χ2n) is 4.18. The summed E-state index contributed by atoms with van der Waals surface area (Å²) in [6.45, 7) is 4.00. The Labute approximate surface area is 112 Å². The number of nitrogens with one attached hydrogen (secondary N) is 1. The van der Waals surface area contributed by atoms with Crippen LogP contribution in [0, 0.1) is 13.8 Å². The Bertz CT molecular complexity index is 593. The van der Waals surface area contributed by atoms with E-state index in [-0.39, 0.29) is 5.91 Å². The molecule has 1 N–H and O–H groups in total. The Balaban J connectivity index is 2.27. The Morgan fingerprint density at radius 1 is 1.06 bits per heavy atom. The molecule has 0 spiro atoms.